The highest BCUT2D eigenvalue weighted by atomic mass is 16.5. The zero-order chi connectivity index (χ0) is 13.9. The van der Waals surface area contributed by atoms with Gasteiger partial charge in [0.2, 0.25) is 0 Å². The maximum absolute atomic E-state index is 10.8. The van der Waals surface area contributed by atoms with Crippen molar-refractivity contribution >= 4 is 11.8 Å². The Balaban J connectivity index is 1.85. The minimum atomic E-state index is -1.08. The molecule has 1 N–H and O–H groups in total. The van der Waals surface area contributed by atoms with Crippen LogP contribution in [0.15, 0.2) is 36.4 Å². The second-order valence-corrected chi connectivity index (χ2v) is 4.46. The predicted molar refractivity (Wildman–Crippen MR) is 72.0 cm³/mol. The largest absolute Gasteiger partial charge is 0.491 e. The van der Waals surface area contributed by atoms with Gasteiger partial charge in [0, 0.05) is 12.1 Å². The summed E-state index contributed by atoms with van der Waals surface area (Å²) >= 11 is 0. The lowest BCUT2D eigenvalue weighted by Gasteiger charge is -2.20. The summed E-state index contributed by atoms with van der Waals surface area (Å²) in [6.07, 6.45) is 0. The first kappa shape index (κ1) is 12.4. The monoisotopic (exact) mass is 271 g/mol. The number of anilines is 1. The van der Waals surface area contributed by atoms with Crippen LogP contribution in [0.1, 0.15) is 16.1 Å². The van der Waals surface area contributed by atoms with Gasteiger partial charge >= 0.3 is 5.97 Å². The molecule has 0 radical (unpaired) electrons. The number of ether oxygens (including phenoxy) is 1. The van der Waals surface area contributed by atoms with Crippen LogP contribution in [0.5, 0.6) is 5.75 Å². The SMILES string of the molecule is O=C(O)c1ccc(N2CCOc3ccccc3C2)nn1. The van der Waals surface area contributed by atoms with Gasteiger partial charge in [-0.25, -0.2) is 4.79 Å². The molecule has 0 saturated heterocycles. The molecule has 1 aromatic heterocycles. The number of nitrogens with zero attached hydrogens (tertiary/aromatic N) is 3. The summed E-state index contributed by atoms with van der Waals surface area (Å²) in [6, 6.07) is 11.0. The Hall–Kier alpha value is -2.63. The van der Waals surface area contributed by atoms with E-state index in [0.29, 0.717) is 25.5 Å². The van der Waals surface area contributed by atoms with Gasteiger partial charge in [-0.2, -0.15) is 0 Å². The minimum absolute atomic E-state index is 0.0553. The molecule has 0 amide bonds. The second kappa shape index (κ2) is 5.16. The van der Waals surface area contributed by atoms with Gasteiger partial charge in [-0.1, -0.05) is 18.2 Å². The fourth-order valence-corrected chi connectivity index (χ4v) is 2.13. The van der Waals surface area contributed by atoms with E-state index in [-0.39, 0.29) is 5.69 Å². The van der Waals surface area contributed by atoms with Crippen molar-refractivity contribution in [3.8, 4) is 5.75 Å². The van der Waals surface area contributed by atoms with Crippen LogP contribution in [0.4, 0.5) is 5.82 Å². The van der Waals surface area contributed by atoms with E-state index in [9.17, 15) is 4.79 Å². The number of carboxylic acid groups (broad SMARTS) is 1. The molecule has 0 saturated carbocycles. The number of para-hydroxylation sites is 1. The van der Waals surface area contributed by atoms with Gasteiger partial charge in [-0.05, 0) is 18.2 Å². The van der Waals surface area contributed by atoms with Crippen LogP contribution in [0.3, 0.4) is 0 Å². The molecule has 20 heavy (non-hydrogen) atoms. The molecule has 0 fully saturated rings. The standard InChI is InChI=1S/C14H13N3O3/c18-14(19)11-5-6-13(16-15-11)17-7-8-20-12-4-2-1-3-10(12)9-17/h1-6H,7-9H2,(H,18,19). The quantitative estimate of drug-likeness (QED) is 0.893. The Morgan fingerprint density at radius 3 is 2.80 bits per heavy atom. The average molecular weight is 271 g/mol. The van der Waals surface area contributed by atoms with Crippen molar-refractivity contribution in [1.82, 2.24) is 10.2 Å². The minimum Gasteiger partial charge on any atom is -0.491 e. The molecule has 0 spiro atoms. The first-order valence-corrected chi connectivity index (χ1v) is 6.27. The van der Waals surface area contributed by atoms with E-state index >= 15 is 0 Å². The van der Waals surface area contributed by atoms with Crippen LogP contribution in [0.2, 0.25) is 0 Å². The number of aromatic nitrogens is 2. The zero-order valence-electron chi connectivity index (χ0n) is 10.7. The number of benzene rings is 1. The van der Waals surface area contributed by atoms with Crippen molar-refractivity contribution in [2.45, 2.75) is 6.54 Å². The number of hydrogen-bond donors (Lipinski definition) is 1. The van der Waals surface area contributed by atoms with Gasteiger partial charge in [-0.3, -0.25) is 0 Å². The van der Waals surface area contributed by atoms with Crippen LogP contribution in [-0.4, -0.2) is 34.4 Å². The zero-order valence-corrected chi connectivity index (χ0v) is 10.7. The van der Waals surface area contributed by atoms with Crippen molar-refractivity contribution in [1.29, 1.82) is 0 Å². The fraction of sp³-hybridized carbons (Fsp3) is 0.214. The third-order valence-electron chi connectivity index (χ3n) is 3.15. The van der Waals surface area contributed by atoms with Crippen molar-refractivity contribution < 1.29 is 14.6 Å². The summed E-state index contributed by atoms with van der Waals surface area (Å²) in [7, 11) is 0. The first-order chi connectivity index (χ1) is 9.74. The summed E-state index contributed by atoms with van der Waals surface area (Å²) < 4.78 is 5.68. The molecule has 0 unspecified atom stereocenters. The highest BCUT2D eigenvalue weighted by Crippen LogP contribution is 2.24. The van der Waals surface area contributed by atoms with E-state index in [0.717, 1.165) is 11.3 Å². The Morgan fingerprint density at radius 2 is 2.05 bits per heavy atom. The topological polar surface area (TPSA) is 75.5 Å². The lowest BCUT2D eigenvalue weighted by molar-refractivity contribution is 0.0689. The lowest BCUT2D eigenvalue weighted by atomic mass is 10.2. The van der Waals surface area contributed by atoms with Crippen LogP contribution in [-0.2, 0) is 6.54 Å². The maximum Gasteiger partial charge on any atom is 0.356 e. The summed E-state index contributed by atoms with van der Waals surface area (Å²) in [5.74, 6) is 0.453. The van der Waals surface area contributed by atoms with Gasteiger partial charge < -0.3 is 14.7 Å². The predicted octanol–water partition coefficient (Wildman–Crippen LogP) is 1.57. The van der Waals surface area contributed by atoms with Crippen LogP contribution in [0, 0.1) is 0 Å². The summed E-state index contributed by atoms with van der Waals surface area (Å²) in [5, 5.41) is 16.5. The lowest BCUT2D eigenvalue weighted by Crippen LogP contribution is -2.26. The second-order valence-electron chi connectivity index (χ2n) is 4.46. The molecule has 2 heterocycles. The molecule has 0 aliphatic carbocycles. The Labute approximate surface area is 115 Å². The third kappa shape index (κ3) is 2.40. The van der Waals surface area contributed by atoms with Crippen molar-refractivity contribution in [2.24, 2.45) is 0 Å². The third-order valence-corrected chi connectivity index (χ3v) is 3.15. The van der Waals surface area contributed by atoms with E-state index in [4.69, 9.17) is 9.84 Å². The average Bonchev–Trinajstić information content (AvgIpc) is 2.69. The van der Waals surface area contributed by atoms with E-state index in [2.05, 4.69) is 10.2 Å². The molecule has 1 aliphatic rings. The van der Waals surface area contributed by atoms with Crippen molar-refractivity contribution in [3.05, 3.63) is 47.7 Å². The van der Waals surface area contributed by atoms with Gasteiger partial charge in [-0.15, -0.1) is 10.2 Å². The van der Waals surface area contributed by atoms with Crippen LogP contribution >= 0.6 is 0 Å². The van der Waals surface area contributed by atoms with E-state index in [1.807, 2.05) is 29.2 Å². The van der Waals surface area contributed by atoms with E-state index < -0.39 is 5.97 Å². The van der Waals surface area contributed by atoms with E-state index in [1.54, 1.807) is 6.07 Å². The maximum atomic E-state index is 10.8. The van der Waals surface area contributed by atoms with Crippen molar-refractivity contribution in [2.75, 3.05) is 18.1 Å². The van der Waals surface area contributed by atoms with Gasteiger partial charge in [0.25, 0.3) is 0 Å². The summed E-state index contributed by atoms with van der Waals surface area (Å²) in [5.41, 5.74) is 1.02. The molecule has 3 rings (SSSR count). The molecule has 1 aliphatic heterocycles. The highest BCUT2D eigenvalue weighted by Gasteiger charge is 2.17. The summed E-state index contributed by atoms with van der Waals surface area (Å²) in [4.78, 5) is 12.8. The fourth-order valence-electron chi connectivity index (χ4n) is 2.13. The summed E-state index contributed by atoms with van der Waals surface area (Å²) in [6.45, 7) is 1.90. The van der Waals surface area contributed by atoms with Gasteiger partial charge in [0.05, 0.1) is 6.54 Å². The van der Waals surface area contributed by atoms with E-state index in [1.165, 1.54) is 6.07 Å². The normalized spacial score (nSPS) is 14.1. The number of rotatable bonds is 2. The molecule has 1 aromatic carbocycles. The molecule has 6 nitrogen and oxygen atoms in total. The molecule has 0 atom stereocenters. The molecular weight excluding hydrogens is 258 g/mol. The van der Waals surface area contributed by atoms with Gasteiger partial charge in [0.15, 0.2) is 11.5 Å². The molecule has 2 aromatic rings. The Morgan fingerprint density at radius 1 is 1.20 bits per heavy atom. The van der Waals surface area contributed by atoms with Crippen LogP contribution < -0.4 is 9.64 Å². The smallest absolute Gasteiger partial charge is 0.356 e. The molecule has 0 bridgehead atoms. The van der Waals surface area contributed by atoms with Gasteiger partial charge in [0.1, 0.15) is 12.4 Å². The number of carbonyl (C=O) groups is 1. The molecule has 102 valence electrons. The number of hydrogen-bond acceptors (Lipinski definition) is 5. The molecular formula is C14H13N3O3. The Kier molecular flexibility index (Phi) is 3.20. The first-order valence-electron chi connectivity index (χ1n) is 6.27. The molecule has 6 heteroatoms. The number of carboxylic acids is 1. The Bertz CT molecular complexity index is 628. The van der Waals surface area contributed by atoms with Crippen molar-refractivity contribution in [3.63, 3.8) is 0 Å². The van der Waals surface area contributed by atoms with Crippen LogP contribution in [0.25, 0.3) is 0 Å². The highest BCUT2D eigenvalue weighted by molar-refractivity contribution is 5.85. The number of fused-ring (bicyclic) bond motifs is 1. The number of aromatic carboxylic acids is 1.